The summed E-state index contributed by atoms with van der Waals surface area (Å²) in [5.74, 6) is 0. The van der Waals surface area contributed by atoms with Crippen molar-refractivity contribution in [2.24, 2.45) is 0 Å². The second-order valence-corrected chi connectivity index (χ2v) is 4.12. The standard InChI is InChI=1S/C13H20N2/c1-2-5-13-7-9-15-11-10-14-8-3-6-12(13)4-1/h1-2,4-5,14-15H,3,6-11H2. The molecule has 0 aromatic heterocycles. The van der Waals surface area contributed by atoms with Crippen molar-refractivity contribution in [3.05, 3.63) is 35.4 Å². The van der Waals surface area contributed by atoms with Crippen LogP contribution in [0.5, 0.6) is 0 Å². The van der Waals surface area contributed by atoms with Crippen molar-refractivity contribution in [3.8, 4) is 0 Å². The molecule has 0 saturated heterocycles. The minimum atomic E-state index is 1.09. The van der Waals surface area contributed by atoms with Gasteiger partial charge < -0.3 is 10.6 Å². The van der Waals surface area contributed by atoms with Gasteiger partial charge in [-0.15, -0.1) is 0 Å². The van der Waals surface area contributed by atoms with Crippen molar-refractivity contribution in [1.29, 1.82) is 0 Å². The van der Waals surface area contributed by atoms with Crippen molar-refractivity contribution < 1.29 is 0 Å². The molecule has 1 heterocycles. The van der Waals surface area contributed by atoms with Crippen molar-refractivity contribution in [2.45, 2.75) is 19.3 Å². The number of hydrogen-bond donors (Lipinski definition) is 2. The molecule has 2 heteroatoms. The fourth-order valence-corrected chi connectivity index (χ4v) is 2.10. The lowest BCUT2D eigenvalue weighted by atomic mass is 10.0. The van der Waals surface area contributed by atoms with Gasteiger partial charge in [0.2, 0.25) is 0 Å². The largest absolute Gasteiger partial charge is 0.315 e. The van der Waals surface area contributed by atoms with Gasteiger partial charge in [0.15, 0.2) is 0 Å². The first kappa shape index (κ1) is 10.7. The van der Waals surface area contributed by atoms with Gasteiger partial charge in [-0.05, 0) is 43.5 Å². The average Bonchev–Trinajstić information content (AvgIpc) is 2.32. The molecule has 2 rings (SSSR count). The molecule has 1 aliphatic heterocycles. The van der Waals surface area contributed by atoms with Crippen molar-refractivity contribution in [1.82, 2.24) is 10.6 Å². The highest BCUT2D eigenvalue weighted by Gasteiger charge is 2.02. The molecule has 0 amide bonds. The minimum Gasteiger partial charge on any atom is -0.315 e. The first-order valence-electron chi connectivity index (χ1n) is 5.95. The first-order valence-corrected chi connectivity index (χ1v) is 5.95. The van der Waals surface area contributed by atoms with E-state index in [0.717, 1.165) is 32.6 Å². The van der Waals surface area contributed by atoms with Crippen molar-refractivity contribution in [3.63, 3.8) is 0 Å². The normalized spacial score (nSPS) is 18.9. The zero-order valence-electron chi connectivity index (χ0n) is 9.26. The van der Waals surface area contributed by atoms with Crippen LogP contribution >= 0.6 is 0 Å². The summed E-state index contributed by atoms with van der Waals surface area (Å²) >= 11 is 0. The SMILES string of the molecule is c1ccc2c(c1)CCCNCCNCC2. The van der Waals surface area contributed by atoms with Gasteiger partial charge in [0, 0.05) is 13.1 Å². The molecule has 0 aliphatic carbocycles. The summed E-state index contributed by atoms with van der Waals surface area (Å²) in [5, 5.41) is 6.91. The Hall–Kier alpha value is -0.860. The lowest BCUT2D eigenvalue weighted by molar-refractivity contribution is 0.605. The molecule has 2 N–H and O–H groups in total. The van der Waals surface area contributed by atoms with Crippen LogP contribution in [-0.2, 0) is 12.8 Å². The smallest absolute Gasteiger partial charge is 0.00768 e. The highest BCUT2D eigenvalue weighted by atomic mass is 14.9. The van der Waals surface area contributed by atoms with E-state index in [4.69, 9.17) is 0 Å². The fourth-order valence-electron chi connectivity index (χ4n) is 2.10. The predicted molar refractivity (Wildman–Crippen MR) is 64.2 cm³/mol. The third kappa shape index (κ3) is 3.33. The fraction of sp³-hybridized carbons (Fsp3) is 0.538. The topological polar surface area (TPSA) is 24.1 Å². The van der Waals surface area contributed by atoms with E-state index in [0.29, 0.717) is 0 Å². The molecule has 82 valence electrons. The maximum Gasteiger partial charge on any atom is 0.00768 e. The van der Waals surface area contributed by atoms with Crippen LogP contribution in [0.3, 0.4) is 0 Å². The Kier molecular flexibility index (Phi) is 4.18. The summed E-state index contributed by atoms with van der Waals surface area (Å²) in [5.41, 5.74) is 3.05. The molecule has 0 saturated carbocycles. The van der Waals surface area contributed by atoms with Gasteiger partial charge in [0.05, 0.1) is 0 Å². The van der Waals surface area contributed by atoms with Gasteiger partial charge in [-0.1, -0.05) is 24.3 Å². The Bertz CT molecular complexity index is 267. The van der Waals surface area contributed by atoms with Crippen LogP contribution in [0.15, 0.2) is 24.3 Å². The highest BCUT2D eigenvalue weighted by Crippen LogP contribution is 2.11. The van der Waals surface area contributed by atoms with E-state index in [1.54, 1.807) is 0 Å². The van der Waals surface area contributed by atoms with Crippen LogP contribution < -0.4 is 10.6 Å². The summed E-state index contributed by atoms with van der Waals surface area (Å²) in [6.07, 6.45) is 3.62. The van der Waals surface area contributed by atoms with E-state index in [1.165, 1.54) is 24.0 Å². The maximum atomic E-state index is 3.46. The Balaban J connectivity index is 2.04. The van der Waals surface area contributed by atoms with E-state index >= 15 is 0 Å². The quantitative estimate of drug-likeness (QED) is 0.666. The zero-order valence-corrected chi connectivity index (χ0v) is 9.26. The van der Waals surface area contributed by atoms with Crippen LogP contribution in [0.2, 0.25) is 0 Å². The molecule has 0 atom stereocenters. The maximum absolute atomic E-state index is 3.46. The monoisotopic (exact) mass is 204 g/mol. The van der Waals surface area contributed by atoms with Gasteiger partial charge in [0.25, 0.3) is 0 Å². The van der Waals surface area contributed by atoms with Gasteiger partial charge >= 0.3 is 0 Å². The van der Waals surface area contributed by atoms with Gasteiger partial charge in [-0.25, -0.2) is 0 Å². The summed E-state index contributed by atoms with van der Waals surface area (Å²) in [7, 11) is 0. The number of aryl methyl sites for hydroxylation is 1. The zero-order chi connectivity index (χ0) is 10.3. The molecule has 0 radical (unpaired) electrons. The number of benzene rings is 1. The molecule has 15 heavy (non-hydrogen) atoms. The minimum absolute atomic E-state index is 1.09. The van der Waals surface area contributed by atoms with Gasteiger partial charge in [-0.2, -0.15) is 0 Å². The molecule has 1 aliphatic rings. The van der Waals surface area contributed by atoms with E-state index in [1.807, 2.05) is 0 Å². The van der Waals surface area contributed by atoms with Crippen LogP contribution in [0.1, 0.15) is 17.5 Å². The Morgan fingerprint density at radius 2 is 1.40 bits per heavy atom. The molecule has 2 nitrogen and oxygen atoms in total. The van der Waals surface area contributed by atoms with Crippen LogP contribution in [0.25, 0.3) is 0 Å². The molecule has 1 aromatic rings. The van der Waals surface area contributed by atoms with E-state index < -0.39 is 0 Å². The number of fused-ring (bicyclic) bond motifs is 1. The number of hydrogen-bond acceptors (Lipinski definition) is 2. The molecule has 0 spiro atoms. The number of nitrogens with one attached hydrogen (secondary N) is 2. The number of rotatable bonds is 0. The highest BCUT2D eigenvalue weighted by molar-refractivity contribution is 5.27. The van der Waals surface area contributed by atoms with Gasteiger partial charge in [0.1, 0.15) is 0 Å². The van der Waals surface area contributed by atoms with E-state index in [2.05, 4.69) is 34.9 Å². The first-order chi connectivity index (χ1) is 7.47. The van der Waals surface area contributed by atoms with Crippen LogP contribution in [-0.4, -0.2) is 26.2 Å². The summed E-state index contributed by atoms with van der Waals surface area (Å²) in [6, 6.07) is 8.84. The molecule has 0 fully saturated rings. The summed E-state index contributed by atoms with van der Waals surface area (Å²) in [4.78, 5) is 0. The summed E-state index contributed by atoms with van der Waals surface area (Å²) < 4.78 is 0. The molecule has 0 bridgehead atoms. The molecule has 1 aromatic carbocycles. The van der Waals surface area contributed by atoms with E-state index in [9.17, 15) is 0 Å². The van der Waals surface area contributed by atoms with E-state index in [-0.39, 0.29) is 0 Å². The Morgan fingerprint density at radius 1 is 0.733 bits per heavy atom. The van der Waals surface area contributed by atoms with Crippen LogP contribution in [0.4, 0.5) is 0 Å². The second kappa shape index (κ2) is 5.89. The lowest BCUT2D eigenvalue weighted by Crippen LogP contribution is -2.28. The second-order valence-electron chi connectivity index (χ2n) is 4.12. The molecular weight excluding hydrogens is 184 g/mol. The third-order valence-corrected chi connectivity index (χ3v) is 2.97. The lowest BCUT2D eigenvalue weighted by Gasteiger charge is -2.08. The molecule has 0 unspecified atom stereocenters. The van der Waals surface area contributed by atoms with Crippen molar-refractivity contribution in [2.75, 3.05) is 26.2 Å². The van der Waals surface area contributed by atoms with Crippen molar-refractivity contribution >= 4 is 0 Å². The predicted octanol–water partition coefficient (Wildman–Crippen LogP) is 1.35. The Morgan fingerprint density at radius 3 is 2.20 bits per heavy atom. The Labute approximate surface area is 92.1 Å². The third-order valence-electron chi connectivity index (χ3n) is 2.97. The van der Waals surface area contributed by atoms with Crippen LogP contribution in [0, 0.1) is 0 Å². The van der Waals surface area contributed by atoms with Gasteiger partial charge in [-0.3, -0.25) is 0 Å². The average molecular weight is 204 g/mol. The summed E-state index contributed by atoms with van der Waals surface area (Å²) in [6.45, 7) is 4.41. The molecular formula is C13H20N2.